The van der Waals surface area contributed by atoms with Gasteiger partial charge in [-0.2, -0.15) is 5.21 Å². The van der Waals surface area contributed by atoms with Crippen LogP contribution in [0.25, 0.3) is 22.2 Å². The predicted molar refractivity (Wildman–Crippen MR) is 109 cm³/mol. The first kappa shape index (κ1) is 19.4. The second-order valence-corrected chi connectivity index (χ2v) is 6.74. The van der Waals surface area contributed by atoms with Gasteiger partial charge in [-0.25, -0.2) is 0 Å². The Labute approximate surface area is 188 Å². The van der Waals surface area contributed by atoms with Crippen LogP contribution in [0.1, 0.15) is 23.5 Å². The number of fused-ring (bicyclic) bond motifs is 3. The first-order valence-electron chi connectivity index (χ1n) is 8.89. The average molecular weight is 392 g/mol. The van der Waals surface area contributed by atoms with Crippen LogP contribution in [0.3, 0.4) is 0 Å². The molecule has 1 amide bonds. The van der Waals surface area contributed by atoms with E-state index in [1.54, 1.807) is 0 Å². The van der Waals surface area contributed by atoms with Crippen LogP contribution in [0.5, 0.6) is 0 Å². The molecule has 5 rings (SSSR count). The van der Waals surface area contributed by atoms with Crippen molar-refractivity contribution >= 4 is 57.7 Å². The van der Waals surface area contributed by atoms with Crippen molar-refractivity contribution in [3.8, 4) is 11.4 Å². The molecule has 4 aromatic rings. The van der Waals surface area contributed by atoms with E-state index in [-0.39, 0.29) is 47.7 Å². The third kappa shape index (κ3) is 3.48. The van der Waals surface area contributed by atoms with Gasteiger partial charge in [-0.3, -0.25) is 9.59 Å². The van der Waals surface area contributed by atoms with Gasteiger partial charge in [-0.05, 0) is 27.8 Å². The van der Waals surface area contributed by atoms with Crippen LogP contribution in [0.4, 0.5) is 5.69 Å². The Kier molecular flexibility index (Phi) is 5.27. The number of aromatic amines is 1. The molecule has 7 nitrogen and oxygen atoms in total. The molecule has 1 aliphatic rings. The minimum Gasteiger partial charge on any atom is -0.325 e. The number of H-pyrrole nitrogens is 1. The monoisotopic (exact) mass is 392 g/mol. The molecule has 2 N–H and O–H groups in total. The Morgan fingerprint density at radius 2 is 1.83 bits per heavy atom. The quantitative estimate of drug-likeness (QED) is 0.404. The maximum atomic E-state index is 13.0. The second-order valence-electron chi connectivity index (χ2n) is 6.74. The van der Waals surface area contributed by atoms with E-state index in [1.165, 1.54) is 0 Å². The van der Waals surface area contributed by atoms with Gasteiger partial charge in [-0.15, -0.1) is 10.2 Å². The van der Waals surface area contributed by atoms with Gasteiger partial charge in [0.05, 0.1) is 18.0 Å². The Morgan fingerprint density at radius 1 is 0.966 bits per heavy atom. The normalized spacial score (nSPS) is 15.9. The van der Waals surface area contributed by atoms with Gasteiger partial charge in [0.15, 0.2) is 5.78 Å². The van der Waals surface area contributed by atoms with Crippen molar-refractivity contribution in [1.82, 2.24) is 20.6 Å². The molecule has 0 spiro atoms. The van der Waals surface area contributed by atoms with Gasteiger partial charge in [0, 0.05) is 40.5 Å². The van der Waals surface area contributed by atoms with Crippen molar-refractivity contribution in [2.45, 2.75) is 12.3 Å². The number of nitrogens with zero attached hydrogens (tertiary/aromatic N) is 3. The average Bonchev–Trinajstić information content (AvgIpc) is 3.20. The van der Waals surface area contributed by atoms with Crippen molar-refractivity contribution in [2.24, 2.45) is 0 Å². The first-order chi connectivity index (χ1) is 13.7. The summed E-state index contributed by atoms with van der Waals surface area (Å²) in [5.74, 6) is -0.530. The predicted octanol–water partition coefficient (Wildman–Crippen LogP) is 2.68. The van der Waals surface area contributed by atoms with Gasteiger partial charge in [0.2, 0.25) is 11.7 Å². The summed E-state index contributed by atoms with van der Waals surface area (Å²) in [5.41, 5.74) is 3.04. The van der Waals surface area contributed by atoms with Gasteiger partial charge in [0.1, 0.15) is 0 Å². The molecule has 1 unspecified atom stereocenters. The number of aromatic nitrogens is 4. The van der Waals surface area contributed by atoms with E-state index in [9.17, 15) is 9.59 Å². The van der Waals surface area contributed by atoms with Crippen LogP contribution in [-0.4, -0.2) is 61.9 Å². The zero-order chi connectivity index (χ0) is 19.1. The van der Waals surface area contributed by atoms with Gasteiger partial charge in [0.25, 0.3) is 0 Å². The number of carbonyl (C=O) groups is 2. The van der Waals surface area contributed by atoms with Crippen LogP contribution in [0.2, 0.25) is 0 Å². The summed E-state index contributed by atoms with van der Waals surface area (Å²) in [6.45, 7) is 0. The number of benzene rings is 3. The third-order valence-corrected chi connectivity index (χ3v) is 5.02. The molecule has 0 bridgehead atoms. The molecule has 29 heavy (non-hydrogen) atoms. The van der Waals surface area contributed by atoms with Gasteiger partial charge in [-0.1, -0.05) is 54.6 Å². The molecule has 8 heteroatoms. The molecule has 1 aromatic heterocycles. The largest absolute Gasteiger partial charge is 0.325 e. The Bertz CT molecular complexity index is 1220. The summed E-state index contributed by atoms with van der Waals surface area (Å²) in [5, 5.41) is 18.9. The number of rotatable bonds is 2. The number of nitrogens with one attached hydrogen (secondary N) is 2. The standard InChI is InChI=1S/C21H15N5O2.Na/c27-17-11-18(28)22-20-15-7-2-1-4-12(15)8-9-16(20)19(17)13-5-3-6-14(10-13)21-23-25-26-24-21;/h1-10,19H,11H2,(H,22,28)(H,23,24,25,26);. The molecule has 0 fully saturated rings. The first-order valence-corrected chi connectivity index (χ1v) is 8.89. The van der Waals surface area contributed by atoms with Crippen LogP contribution >= 0.6 is 0 Å². The molecule has 1 radical (unpaired) electrons. The smallest absolute Gasteiger partial charge is 0.231 e. The molecular formula is C21H15N5NaO2. The third-order valence-electron chi connectivity index (χ3n) is 5.02. The molecule has 2 heterocycles. The van der Waals surface area contributed by atoms with Crippen LogP contribution < -0.4 is 5.32 Å². The Morgan fingerprint density at radius 3 is 2.66 bits per heavy atom. The molecule has 0 saturated heterocycles. The topological polar surface area (TPSA) is 101 Å². The number of ketones is 1. The van der Waals surface area contributed by atoms with E-state index in [1.807, 2.05) is 60.7 Å². The number of tetrazole rings is 1. The van der Waals surface area contributed by atoms with E-state index in [0.29, 0.717) is 11.5 Å². The van der Waals surface area contributed by atoms with Crippen molar-refractivity contribution < 1.29 is 9.59 Å². The van der Waals surface area contributed by atoms with Crippen molar-refractivity contribution in [1.29, 1.82) is 0 Å². The summed E-state index contributed by atoms with van der Waals surface area (Å²) in [4.78, 5) is 25.4. The second kappa shape index (κ2) is 7.87. The summed E-state index contributed by atoms with van der Waals surface area (Å²) < 4.78 is 0. The van der Waals surface area contributed by atoms with Gasteiger partial charge >= 0.3 is 0 Å². The SMILES string of the molecule is O=C1CC(=O)C(c2cccc(-c3nn[nH]n3)c2)c2ccc3ccccc3c2N1.[Na]. The Balaban J connectivity index is 0.00000205. The van der Waals surface area contributed by atoms with E-state index < -0.39 is 5.92 Å². The number of carbonyl (C=O) groups excluding carboxylic acids is 2. The van der Waals surface area contributed by atoms with Crippen LogP contribution in [-0.2, 0) is 9.59 Å². The zero-order valence-corrected chi connectivity index (χ0v) is 17.7. The van der Waals surface area contributed by atoms with Crippen LogP contribution in [0.15, 0.2) is 60.7 Å². The van der Waals surface area contributed by atoms with E-state index in [0.717, 1.165) is 27.5 Å². The summed E-state index contributed by atoms with van der Waals surface area (Å²) in [6, 6.07) is 19.2. The molecule has 1 aliphatic heterocycles. The number of Topliss-reactive ketones (excluding diaryl/α,β-unsaturated/α-hetero) is 1. The van der Waals surface area contributed by atoms with Crippen molar-refractivity contribution in [3.05, 3.63) is 71.8 Å². The van der Waals surface area contributed by atoms with Crippen molar-refractivity contribution in [3.63, 3.8) is 0 Å². The Hall–Kier alpha value is -2.87. The number of hydrogen-bond donors (Lipinski definition) is 2. The molecular weight excluding hydrogens is 377 g/mol. The molecule has 137 valence electrons. The van der Waals surface area contributed by atoms with Gasteiger partial charge < -0.3 is 5.32 Å². The maximum absolute atomic E-state index is 13.0. The zero-order valence-electron chi connectivity index (χ0n) is 15.7. The molecule has 1 atom stereocenters. The van der Waals surface area contributed by atoms with Crippen LogP contribution in [0, 0.1) is 0 Å². The van der Waals surface area contributed by atoms with E-state index >= 15 is 0 Å². The summed E-state index contributed by atoms with van der Waals surface area (Å²) in [6.07, 6.45) is -0.167. The number of hydrogen-bond acceptors (Lipinski definition) is 5. The molecule has 0 saturated carbocycles. The fourth-order valence-corrected chi connectivity index (χ4v) is 3.79. The summed E-state index contributed by atoms with van der Waals surface area (Å²) in [7, 11) is 0. The fourth-order valence-electron chi connectivity index (χ4n) is 3.79. The minimum atomic E-state index is -0.551. The maximum Gasteiger partial charge on any atom is 0.231 e. The number of amides is 1. The molecule has 0 aliphatic carbocycles. The number of anilines is 1. The summed E-state index contributed by atoms with van der Waals surface area (Å²) >= 11 is 0. The molecule has 3 aromatic carbocycles. The van der Waals surface area contributed by atoms with Crippen molar-refractivity contribution in [2.75, 3.05) is 5.32 Å². The fraction of sp³-hybridized carbons (Fsp3) is 0.0952. The van der Waals surface area contributed by atoms with E-state index in [2.05, 4.69) is 25.9 Å². The minimum absolute atomic E-state index is 0. The van der Waals surface area contributed by atoms with E-state index in [4.69, 9.17) is 0 Å².